The topological polar surface area (TPSA) is 86.0 Å². The van der Waals surface area contributed by atoms with Gasteiger partial charge in [0, 0.05) is 19.8 Å². The van der Waals surface area contributed by atoms with Crippen LogP contribution in [-0.2, 0) is 0 Å². The van der Waals surface area contributed by atoms with E-state index in [1.165, 1.54) is 22.3 Å². The molecule has 0 aromatic rings. The number of nitrogens with zero attached hydrogens (tertiary/aromatic N) is 3. The minimum absolute atomic E-state index is 0.187. The second-order valence-electron chi connectivity index (χ2n) is 2.58. The fraction of sp³-hybridized carbons (Fsp3) is 0.429. The number of hydrogen-bond acceptors (Lipinski definition) is 4. The highest BCUT2D eigenvalue weighted by atomic mass is 16.2. The van der Waals surface area contributed by atoms with Gasteiger partial charge in [-0.25, -0.2) is 14.8 Å². The zero-order valence-corrected chi connectivity index (χ0v) is 8.19. The molecule has 1 saturated heterocycles. The molecule has 7 nitrogen and oxygen atoms in total. The number of nitrogens with two attached hydrogens (primary N) is 1. The highest BCUT2D eigenvalue weighted by Crippen LogP contribution is 1.99. The molecule has 0 saturated carbocycles. The summed E-state index contributed by atoms with van der Waals surface area (Å²) in [4.78, 5) is 15.2. The SMILES string of the molecule is CCN1NNN(/C=C\C(N)=NC)C1=O. The van der Waals surface area contributed by atoms with Gasteiger partial charge < -0.3 is 5.73 Å². The highest BCUT2D eigenvalue weighted by molar-refractivity contribution is 5.91. The summed E-state index contributed by atoms with van der Waals surface area (Å²) in [7, 11) is 1.58. The monoisotopic (exact) mass is 198 g/mol. The number of rotatable bonds is 3. The van der Waals surface area contributed by atoms with Gasteiger partial charge in [-0.3, -0.25) is 4.99 Å². The molecule has 0 aromatic heterocycles. The Morgan fingerprint density at radius 3 is 2.86 bits per heavy atom. The van der Waals surface area contributed by atoms with E-state index >= 15 is 0 Å². The molecule has 0 spiro atoms. The molecule has 1 aliphatic rings. The molecule has 1 aliphatic heterocycles. The van der Waals surface area contributed by atoms with Crippen molar-refractivity contribution in [2.75, 3.05) is 13.6 Å². The van der Waals surface area contributed by atoms with Crippen molar-refractivity contribution in [3.05, 3.63) is 12.3 Å². The molecule has 1 fully saturated rings. The quantitative estimate of drug-likeness (QED) is 0.408. The van der Waals surface area contributed by atoms with Crippen molar-refractivity contribution in [3.63, 3.8) is 0 Å². The molecule has 4 N–H and O–H groups in total. The van der Waals surface area contributed by atoms with Gasteiger partial charge in [0.15, 0.2) is 0 Å². The van der Waals surface area contributed by atoms with Crippen LogP contribution in [0.5, 0.6) is 0 Å². The minimum atomic E-state index is -0.187. The first-order chi connectivity index (χ1) is 6.69. The predicted molar refractivity (Wildman–Crippen MR) is 52.6 cm³/mol. The van der Waals surface area contributed by atoms with E-state index in [1.807, 2.05) is 6.92 Å². The number of urea groups is 1. The number of amidine groups is 1. The van der Waals surface area contributed by atoms with E-state index < -0.39 is 0 Å². The van der Waals surface area contributed by atoms with Crippen LogP contribution in [0.3, 0.4) is 0 Å². The molecule has 0 aliphatic carbocycles. The van der Waals surface area contributed by atoms with Gasteiger partial charge >= 0.3 is 6.03 Å². The molecule has 78 valence electrons. The first-order valence-corrected chi connectivity index (χ1v) is 4.21. The third kappa shape index (κ3) is 2.21. The lowest BCUT2D eigenvalue weighted by Gasteiger charge is -2.09. The van der Waals surface area contributed by atoms with Crippen LogP contribution >= 0.6 is 0 Å². The summed E-state index contributed by atoms with van der Waals surface area (Å²) < 4.78 is 0. The summed E-state index contributed by atoms with van der Waals surface area (Å²) in [6, 6.07) is -0.187. The Morgan fingerprint density at radius 1 is 1.64 bits per heavy atom. The number of carbonyl (C=O) groups excluding carboxylic acids is 1. The summed E-state index contributed by atoms with van der Waals surface area (Å²) in [5, 5.41) is 2.70. The third-order valence-electron chi connectivity index (χ3n) is 1.71. The van der Waals surface area contributed by atoms with Crippen LogP contribution in [0, 0.1) is 0 Å². The average molecular weight is 198 g/mol. The molecule has 1 heterocycles. The average Bonchev–Trinajstić information content (AvgIpc) is 2.56. The molecular weight excluding hydrogens is 184 g/mol. The Hall–Kier alpha value is -1.60. The lowest BCUT2D eigenvalue weighted by atomic mass is 10.5. The summed E-state index contributed by atoms with van der Waals surface area (Å²) in [6.07, 6.45) is 3.04. The van der Waals surface area contributed by atoms with Gasteiger partial charge in [-0.1, -0.05) is 0 Å². The predicted octanol–water partition coefficient (Wildman–Crippen LogP) is -0.831. The number of aliphatic imine (C=N–C) groups is 1. The van der Waals surface area contributed by atoms with E-state index in [0.717, 1.165) is 0 Å². The normalized spacial score (nSPS) is 18.7. The summed E-state index contributed by atoms with van der Waals surface area (Å²) in [6.45, 7) is 2.44. The van der Waals surface area contributed by atoms with Crippen molar-refractivity contribution < 1.29 is 4.79 Å². The van der Waals surface area contributed by atoms with Gasteiger partial charge in [0.1, 0.15) is 5.84 Å². The molecule has 2 amide bonds. The van der Waals surface area contributed by atoms with Crippen LogP contribution in [0.2, 0.25) is 0 Å². The minimum Gasteiger partial charge on any atom is -0.384 e. The standard InChI is InChI=1S/C7H14N6O/c1-3-12-7(14)13(11-10-12)5-4-6(8)9-2/h4-5,10-11H,3H2,1-2H3,(H2,8,9)/b5-4-. The molecule has 7 heteroatoms. The molecule has 1 rings (SSSR count). The second kappa shape index (κ2) is 4.58. The van der Waals surface area contributed by atoms with E-state index in [-0.39, 0.29) is 6.03 Å². The van der Waals surface area contributed by atoms with Crippen LogP contribution in [-0.4, -0.2) is 35.5 Å². The maximum absolute atomic E-state index is 11.4. The molecule has 0 atom stereocenters. The first kappa shape index (κ1) is 10.5. The maximum Gasteiger partial charge on any atom is 0.355 e. The number of nitrogens with one attached hydrogen (secondary N) is 2. The zero-order chi connectivity index (χ0) is 10.6. The van der Waals surface area contributed by atoms with Crippen LogP contribution in [0.25, 0.3) is 0 Å². The second-order valence-corrected chi connectivity index (χ2v) is 2.58. The number of carbonyl (C=O) groups is 1. The van der Waals surface area contributed by atoms with Gasteiger partial charge in [0.05, 0.1) is 0 Å². The van der Waals surface area contributed by atoms with E-state index in [4.69, 9.17) is 5.73 Å². The zero-order valence-electron chi connectivity index (χ0n) is 8.19. The Labute approximate surface area is 82.2 Å². The van der Waals surface area contributed by atoms with E-state index in [1.54, 1.807) is 7.05 Å². The molecular formula is C7H14N6O. The lowest BCUT2D eigenvalue weighted by Crippen LogP contribution is -2.37. The van der Waals surface area contributed by atoms with Gasteiger partial charge in [-0.2, -0.15) is 0 Å². The van der Waals surface area contributed by atoms with Crippen molar-refractivity contribution in [1.82, 2.24) is 21.1 Å². The largest absolute Gasteiger partial charge is 0.384 e. The maximum atomic E-state index is 11.4. The third-order valence-corrected chi connectivity index (χ3v) is 1.71. The Balaban J connectivity index is 2.56. The summed E-state index contributed by atoms with van der Waals surface area (Å²) >= 11 is 0. The highest BCUT2D eigenvalue weighted by Gasteiger charge is 2.24. The fourth-order valence-electron chi connectivity index (χ4n) is 0.881. The molecule has 0 bridgehead atoms. The molecule has 0 radical (unpaired) electrons. The Morgan fingerprint density at radius 2 is 2.36 bits per heavy atom. The van der Waals surface area contributed by atoms with Crippen molar-refractivity contribution in [2.45, 2.75) is 6.92 Å². The fourth-order valence-corrected chi connectivity index (χ4v) is 0.881. The molecule has 14 heavy (non-hydrogen) atoms. The number of hydrogen-bond donors (Lipinski definition) is 3. The number of hydrazine groups is 3. The molecule has 0 unspecified atom stereocenters. The van der Waals surface area contributed by atoms with E-state index in [2.05, 4.69) is 16.1 Å². The van der Waals surface area contributed by atoms with Crippen LogP contribution in [0.4, 0.5) is 4.79 Å². The summed E-state index contributed by atoms with van der Waals surface area (Å²) in [5.41, 5.74) is 10.8. The van der Waals surface area contributed by atoms with E-state index in [0.29, 0.717) is 12.4 Å². The van der Waals surface area contributed by atoms with Crippen LogP contribution in [0.1, 0.15) is 6.92 Å². The van der Waals surface area contributed by atoms with Crippen molar-refractivity contribution in [1.29, 1.82) is 0 Å². The number of amides is 2. The van der Waals surface area contributed by atoms with Crippen LogP contribution < -0.4 is 16.8 Å². The Bertz CT molecular complexity index is 273. The van der Waals surface area contributed by atoms with Gasteiger partial charge in [-0.15, -0.1) is 11.1 Å². The molecule has 0 aromatic carbocycles. The van der Waals surface area contributed by atoms with Gasteiger partial charge in [0.2, 0.25) is 0 Å². The Kier molecular flexibility index (Phi) is 3.43. The van der Waals surface area contributed by atoms with Gasteiger partial charge in [0.25, 0.3) is 0 Å². The van der Waals surface area contributed by atoms with Crippen molar-refractivity contribution in [3.8, 4) is 0 Å². The van der Waals surface area contributed by atoms with Gasteiger partial charge in [-0.05, 0) is 13.0 Å². The first-order valence-electron chi connectivity index (χ1n) is 4.21. The van der Waals surface area contributed by atoms with Crippen LogP contribution in [0.15, 0.2) is 17.3 Å². The van der Waals surface area contributed by atoms with Crippen molar-refractivity contribution >= 4 is 11.9 Å². The van der Waals surface area contributed by atoms with E-state index in [9.17, 15) is 4.79 Å². The van der Waals surface area contributed by atoms with Crippen molar-refractivity contribution in [2.24, 2.45) is 10.7 Å². The summed E-state index contributed by atoms with van der Waals surface area (Å²) in [5.74, 6) is 0.356. The smallest absolute Gasteiger partial charge is 0.355 e. The lowest BCUT2D eigenvalue weighted by molar-refractivity contribution is 0.195.